The fourth-order valence-corrected chi connectivity index (χ4v) is 4.02. The van der Waals surface area contributed by atoms with Crippen molar-refractivity contribution in [3.63, 3.8) is 0 Å². The van der Waals surface area contributed by atoms with Crippen molar-refractivity contribution in [2.24, 2.45) is 0 Å². The Balaban J connectivity index is 1.67. The molecule has 0 saturated heterocycles. The molecule has 0 aliphatic heterocycles. The number of rotatable bonds is 7. The van der Waals surface area contributed by atoms with Crippen molar-refractivity contribution in [2.45, 2.75) is 4.90 Å². The minimum Gasteiger partial charge on any atom is -0.459 e. The van der Waals surface area contributed by atoms with Crippen LogP contribution in [-0.2, 0) is 19.6 Å². The van der Waals surface area contributed by atoms with Crippen molar-refractivity contribution < 1.29 is 32.0 Å². The van der Waals surface area contributed by atoms with Crippen molar-refractivity contribution in [1.29, 1.82) is 0 Å². The van der Waals surface area contributed by atoms with Crippen LogP contribution in [-0.4, -0.2) is 39.9 Å². The van der Waals surface area contributed by atoms with E-state index >= 15 is 0 Å². The Morgan fingerprint density at radius 1 is 1.06 bits per heavy atom. The van der Waals surface area contributed by atoms with Crippen molar-refractivity contribution in [2.75, 3.05) is 18.0 Å². The summed E-state index contributed by atoms with van der Waals surface area (Å²) < 4.78 is 36.6. The third kappa shape index (κ3) is 5.34. The van der Waals surface area contributed by atoms with Gasteiger partial charge in [-0.3, -0.25) is 19.2 Å². The fraction of sp³-hybridized carbons (Fsp3) is 0.0952. The Kier molecular flexibility index (Phi) is 6.96. The minimum absolute atomic E-state index is 0.0774. The summed E-state index contributed by atoms with van der Waals surface area (Å²) in [5.74, 6) is -2.67. The fourth-order valence-electron chi connectivity index (χ4n) is 2.60. The molecule has 0 aliphatic carbocycles. The normalized spacial score (nSPS) is 10.9. The number of ether oxygens (including phenoxy) is 1. The molecule has 1 aromatic heterocycles. The lowest BCUT2D eigenvalue weighted by molar-refractivity contribution is -0.123. The zero-order chi connectivity index (χ0) is 23.3. The van der Waals surface area contributed by atoms with Crippen LogP contribution in [0, 0.1) is 0 Å². The monoisotopic (exact) mass is 476 g/mol. The first-order valence-corrected chi connectivity index (χ1v) is 10.9. The minimum atomic E-state index is -4.00. The molecule has 0 fully saturated rings. The van der Waals surface area contributed by atoms with Gasteiger partial charge in [-0.2, -0.15) is 0 Å². The second kappa shape index (κ2) is 9.67. The van der Waals surface area contributed by atoms with Gasteiger partial charge >= 0.3 is 5.97 Å². The van der Waals surface area contributed by atoms with Gasteiger partial charge in [-0.05, 0) is 48.5 Å². The van der Waals surface area contributed by atoms with E-state index in [2.05, 4.69) is 0 Å². The number of carbonyl (C=O) groups excluding carboxylic acids is 3. The Bertz CT molecular complexity index is 1260. The molecule has 0 radical (unpaired) electrons. The zero-order valence-corrected chi connectivity index (χ0v) is 18.2. The molecular formula is C21H17ClN2O7S. The van der Waals surface area contributed by atoms with E-state index < -0.39 is 34.4 Å². The van der Waals surface area contributed by atoms with Crippen LogP contribution < -0.4 is 9.62 Å². The SMILES string of the molecule is CN(c1cccc(Cl)c1)S(=O)(=O)c1cccc(C(=O)OCC(=O)NC(=O)c2ccco2)c1. The van der Waals surface area contributed by atoms with Crippen LogP contribution in [0.3, 0.4) is 0 Å². The Hall–Kier alpha value is -3.63. The second-order valence-electron chi connectivity index (χ2n) is 6.41. The summed E-state index contributed by atoms with van der Waals surface area (Å²) in [5.41, 5.74) is 0.249. The smallest absolute Gasteiger partial charge is 0.338 e. The van der Waals surface area contributed by atoms with Crippen molar-refractivity contribution in [3.8, 4) is 0 Å². The Morgan fingerprint density at radius 3 is 2.50 bits per heavy atom. The van der Waals surface area contributed by atoms with Crippen molar-refractivity contribution in [3.05, 3.63) is 83.3 Å². The average molecular weight is 477 g/mol. The Morgan fingerprint density at radius 2 is 1.81 bits per heavy atom. The first-order chi connectivity index (χ1) is 15.2. The van der Waals surface area contributed by atoms with Gasteiger partial charge in [0.2, 0.25) is 0 Å². The maximum atomic E-state index is 12.9. The van der Waals surface area contributed by atoms with E-state index in [0.717, 1.165) is 10.4 Å². The van der Waals surface area contributed by atoms with E-state index in [9.17, 15) is 22.8 Å². The standard InChI is InChI=1S/C21H17ClN2O7S/c1-24(16-7-3-6-15(22)12-16)32(28,29)17-8-2-5-14(11-17)21(27)31-13-19(25)23-20(26)18-9-4-10-30-18/h2-12H,13H2,1H3,(H,23,25,26). The average Bonchev–Trinajstić information content (AvgIpc) is 3.32. The molecule has 3 rings (SSSR count). The maximum Gasteiger partial charge on any atom is 0.338 e. The van der Waals surface area contributed by atoms with Crippen molar-refractivity contribution in [1.82, 2.24) is 5.32 Å². The van der Waals surface area contributed by atoms with Gasteiger partial charge in [0.05, 0.1) is 22.4 Å². The first-order valence-electron chi connectivity index (χ1n) is 9.08. The molecule has 32 heavy (non-hydrogen) atoms. The number of anilines is 1. The third-order valence-electron chi connectivity index (χ3n) is 4.23. The van der Waals surface area contributed by atoms with E-state index in [-0.39, 0.29) is 16.2 Å². The Labute approximate surface area is 188 Å². The van der Waals surface area contributed by atoms with Crippen LogP contribution in [0.2, 0.25) is 5.02 Å². The van der Waals surface area contributed by atoms with E-state index in [1.54, 1.807) is 18.2 Å². The molecular weight excluding hydrogens is 460 g/mol. The van der Waals surface area contributed by atoms with Gasteiger partial charge in [0.15, 0.2) is 12.4 Å². The lowest BCUT2D eigenvalue weighted by Gasteiger charge is -2.20. The summed E-state index contributed by atoms with van der Waals surface area (Å²) in [6, 6.07) is 14.3. The van der Waals surface area contributed by atoms with Gasteiger partial charge in [-0.25, -0.2) is 13.2 Å². The number of halogens is 1. The molecule has 3 aromatic rings. The molecule has 9 nitrogen and oxygen atoms in total. The third-order valence-corrected chi connectivity index (χ3v) is 6.25. The van der Waals surface area contributed by atoms with Crippen LogP contribution >= 0.6 is 11.6 Å². The number of nitrogens with one attached hydrogen (secondary N) is 1. The van der Waals surface area contributed by atoms with Gasteiger partial charge < -0.3 is 9.15 Å². The predicted octanol–water partition coefficient (Wildman–Crippen LogP) is 2.87. The number of benzene rings is 2. The number of hydrogen-bond donors (Lipinski definition) is 1. The molecule has 0 spiro atoms. The summed E-state index contributed by atoms with van der Waals surface area (Å²) in [6.45, 7) is -0.745. The van der Waals surface area contributed by atoms with Crippen LogP contribution in [0.1, 0.15) is 20.9 Å². The van der Waals surface area contributed by atoms with E-state index in [4.69, 9.17) is 20.8 Å². The van der Waals surface area contributed by atoms with Crippen LogP contribution in [0.15, 0.2) is 76.2 Å². The van der Waals surface area contributed by atoms with Crippen LogP contribution in [0.4, 0.5) is 5.69 Å². The van der Waals surface area contributed by atoms with Crippen LogP contribution in [0.25, 0.3) is 0 Å². The summed E-state index contributed by atoms with van der Waals surface area (Å²) in [5, 5.41) is 2.37. The first kappa shape index (κ1) is 23.0. The second-order valence-corrected chi connectivity index (χ2v) is 8.82. The summed E-state index contributed by atoms with van der Waals surface area (Å²) in [7, 11) is -2.65. The number of sulfonamides is 1. The number of hydrogen-bond acceptors (Lipinski definition) is 7. The van der Waals surface area contributed by atoms with Gasteiger partial charge in [0, 0.05) is 12.1 Å². The molecule has 2 amide bonds. The lowest BCUT2D eigenvalue weighted by atomic mass is 10.2. The number of esters is 1. The lowest BCUT2D eigenvalue weighted by Crippen LogP contribution is -2.34. The number of carbonyl (C=O) groups is 3. The summed E-state index contributed by atoms with van der Waals surface area (Å²) in [4.78, 5) is 35.7. The molecule has 166 valence electrons. The number of amides is 2. The number of nitrogens with zero attached hydrogens (tertiary/aromatic N) is 1. The highest BCUT2D eigenvalue weighted by Gasteiger charge is 2.23. The van der Waals surface area contributed by atoms with Gasteiger partial charge in [-0.15, -0.1) is 0 Å². The molecule has 1 N–H and O–H groups in total. The summed E-state index contributed by atoms with van der Waals surface area (Å²) in [6.07, 6.45) is 1.27. The number of furan rings is 1. The quantitative estimate of drug-likeness (QED) is 0.520. The van der Waals surface area contributed by atoms with Crippen LogP contribution in [0.5, 0.6) is 0 Å². The van der Waals surface area contributed by atoms with Crippen molar-refractivity contribution >= 4 is 45.1 Å². The maximum absolute atomic E-state index is 12.9. The highest BCUT2D eigenvalue weighted by atomic mass is 35.5. The van der Waals surface area contributed by atoms with Gasteiger partial charge in [0.25, 0.3) is 21.8 Å². The van der Waals surface area contributed by atoms with Gasteiger partial charge in [-0.1, -0.05) is 23.7 Å². The molecule has 11 heteroatoms. The van der Waals surface area contributed by atoms with E-state index in [1.807, 2.05) is 5.32 Å². The molecule has 0 unspecified atom stereocenters. The predicted molar refractivity (Wildman–Crippen MR) is 115 cm³/mol. The molecule has 2 aromatic carbocycles. The van der Waals surface area contributed by atoms with E-state index in [1.165, 1.54) is 49.7 Å². The van der Waals surface area contributed by atoms with Gasteiger partial charge in [0.1, 0.15) is 0 Å². The highest BCUT2D eigenvalue weighted by Crippen LogP contribution is 2.25. The molecule has 1 heterocycles. The molecule has 0 atom stereocenters. The zero-order valence-electron chi connectivity index (χ0n) is 16.6. The number of imide groups is 1. The topological polar surface area (TPSA) is 123 Å². The largest absolute Gasteiger partial charge is 0.459 e. The summed E-state index contributed by atoms with van der Waals surface area (Å²) >= 11 is 5.93. The molecule has 0 bridgehead atoms. The van der Waals surface area contributed by atoms with E-state index in [0.29, 0.717) is 10.7 Å². The highest BCUT2D eigenvalue weighted by molar-refractivity contribution is 7.92. The molecule has 0 saturated carbocycles. The molecule has 0 aliphatic rings.